The second-order valence-electron chi connectivity index (χ2n) is 6.27. The van der Waals surface area contributed by atoms with E-state index >= 15 is 0 Å². The van der Waals surface area contributed by atoms with Gasteiger partial charge in [0.25, 0.3) is 0 Å². The zero-order chi connectivity index (χ0) is 15.5. The first-order valence-electron chi connectivity index (χ1n) is 7.70. The molecule has 3 atom stereocenters. The van der Waals surface area contributed by atoms with Gasteiger partial charge in [-0.2, -0.15) is 0 Å². The molecular weight excluding hydrogens is 278 g/mol. The Hall–Kier alpha value is -2.07. The highest BCUT2D eigenvalue weighted by molar-refractivity contribution is 5.96. The molecule has 1 amide bonds. The summed E-state index contributed by atoms with van der Waals surface area (Å²) < 4.78 is 5.52. The summed E-state index contributed by atoms with van der Waals surface area (Å²) in [5, 5.41) is 12.3. The Kier molecular flexibility index (Phi) is 2.76. The van der Waals surface area contributed by atoms with Crippen molar-refractivity contribution in [3.8, 4) is 5.75 Å². The van der Waals surface area contributed by atoms with E-state index in [1.54, 1.807) is 7.05 Å². The predicted molar refractivity (Wildman–Crippen MR) is 83.7 cm³/mol. The van der Waals surface area contributed by atoms with Gasteiger partial charge in [-0.3, -0.25) is 4.79 Å². The summed E-state index contributed by atoms with van der Waals surface area (Å²) in [5.74, 6) is 0.928. The molecule has 0 aromatic heterocycles. The minimum atomic E-state index is -0.650. The van der Waals surface area contributed by atoms with Gasteiger partial charge < -0.3 is 14.7 Å². The number of likely N-dealkylation sites (tertiary alicyclic amines) is 1. The lowest BCUT2D eigenvalue weighted by Crippen LogP contribution is -2.35. The molecule has 1 heterocycles. The molecule has 1 saturated heterocycles. The standard InChI is InChI=1S/C18H19NO3/c1-3-22-14-7-5-11-8-13(6-4-12(11)9-14)18-10-15(18)16(20)19(2)17(18)21/h4-9,15-16,20H,3,10H2,1-2H3. The number of likely N-dealkylation sites (N-methyl/N-ethyl adjacent to an activating group) is 1. The predicted octanol–water partition coefficient (Wildman–Crippen LogP) is 2.29. The molecule has 1 aliphatic carbocycles. The molecule has 0 bridgehead atoms. The molecule has 2 aromatic carbocycles. The summed E-state index contributed by atoms with van der Waals surface area (Å²) in [6.07, 6.45) is 0.100. The molecule has 3 unspecified atom stereocenters. The molecule has 22 heavy (non-hydrogen) atoms. The van der Waals surface area contributed by atoms with E-state index in [1.165, 1.54) is 4.90 Å². The van der Waals surface area contributed by atoms with Crippen LogP contribution in [-0.2, 0) is 10.2 Å². The van der Waals surface area contributed by atoms with Gasteiger partial charge in [-0.05, 0) is 41.8 Å². The minimum Gasteiger partial charge on any atom is -0.494 e. The van der Waals surface area contributed by atoms with Crippen molar-refractivity contribution < 1.29 is 14.6 Å². The van der Waals surface area contributed by atoms with Crippen LogP contribution in [0.2, 0.25) is 0 Å². The lowest BCUT2D eigenvalue weighted by atomic mass is 9.92. The van der Waals surface area contributed by atoms with Crippen LogP contribution in [-0.4, -0.2) is 35.8 Å². The van der Waals surface area contributed by atoms with Crippen LogP contribution in [0.4, 0.5) is 0 Å². The summed E-state index contributed by atoms with van der Waals surface area (Å²) in [6.45, 7) is 2.61. The molecule has 114 valence electrons. The average Bonchev–Trinajstić information content (AvgIpc) is 3.25. The maximum atomic E-state index is 12.5. The first kappa shape index (κ1) is 13.6. The van der Waals surface area contributed by atoms with E-state index in [-0.39, 0.29) is 11.8 Å². The SMILES string of the molecule is CCOc1ccc2cc(C34CC3C(O)N(C)C4=O)ccc2c1. The largest absolute Gasteiger partial charge is 0.494 e. The molecule has 1 N–H and O–H groups in total. The van der Waals surface area contributed by atoms with Gasteiger partial charge in [0.05, 0.1) is 12.0 Å². The summed E-state index contributed by atoms with van der Waals surface area (Å²) in [5.41, 5.74) is 0.517. The molecule has 1 aliphatic heterocycles. The second-order valence-corrected chi connectivity index (χ2v) is 6.27. The van der Waals surface area contributed by atoms with Crippen molar-refractivity contribution in [1.82, 2.24) is 4.90 Å². The zero-order valence-corrected chi connectivity index (χ0v) is 12.7. The molecule has 4 nitrogen and oxygen atoms in total. The number of carbonyl (C=O) groups is 1. The molecular formula is C18H19NO3. The van der Waals surface area contributed by atoms with Gasteiger partial charge in [0, 0.05) is 13.0 Å². The number of aliphatic hydroxyl groups excluding tert-OH is 1. The highest BCUT2D eigenvalue weighted by atomic mass is 16.5. The Balaban J connectivity index is 1.75. The van der Waals surface area contributed by atoms with Crippen LogP contribution in [0.5, 0.6) is 5.75 Å². The fraction of sp³-hybridized carbons (Fsp3) is 0.389. The molecule has 2 aliphatic rings. The molecule has 4 heteroatoms. The summed E-state index contributed by atoms with van der Waals surface area (Å²) in [7, 11) is 1.68. The lowest BCUT2D eigenvalue weighted by molar-refractivity contribution is -0.135. The van der Waals surface area contributed by atoms with Crippen LogP contribution in [0, 0.1) is 5.92 Å². The van der Waals surface area contributed by atoms with Crippen LogP contribution in [0.1, 0.15) is 18.9 Å². The number of piperidine rings is 1. The first-order chi connectivity index (χ1) is 10.6. The van der Waals surface area contributed by atoms with Crippen LogP contribution < -0.4 is 4.74 Å². The number of amides is 1. The molecule has 4 rings (SSSR count). The fourth-order valence-corrected chi connectivity index (χ4v) is 3.81. The highest BCUT2D eigenvalue weighted by Crippen LogP contribution is 2.62. The topological polar surface area (TPSA) is 49.8 Å². The van der Waals surface area contributed by atoms with Crippen molar-refractivity contribution in [2.24, 2.45) is 5.92 Å². The van der Waals surface area contributed by atoms with E-state index in [4.69, 9.17) is 4.74 Å². The maximum Gasteiger partial charge on any atom is 0.235 e. The Labute approximate surface area is 129 Å². The molecule has 1 saturated carbocycles. The van der Waals surface area contributed by atoms with E-state index in [0.29, 0.717) is 6.61 Å². The van der Waals surface area contributed by atoms with Gasteiger partial charge in [0.1, 0.15) is 12.0 Å². The number of carbonyl (C=O) groups excluding carboxylic acids is 1. The summed E-state index contributed by atoms with van der Waals surface area (Å²) in [6, 6.07) is 12.1. The number of hydrogen-bond acceptors (Lipinski definition) is 3. The van der Waals surface area contributed by atoms with Gasteiger partial charge in [-0.1, -0.05) is 24.3 Å². The van der Waals surface area contributed by atoms with Crippen LogP contribution >= 0.6 is 0 Å². The lowest BCUT2D eigenvalue weighted by Gasteiger charge is -2.19. The average molecular weight is 297 g/mol. The van der Waals surface area contributed by atoms with E-state index in [2.05, 4.69) is 6.07 Å². The van der Waals surface area contributed by atoms with Crippen molar-refractivity contribution in [3.63, 3.8) is 0 Å². The minimum absolute atomic E-state index is 0.0325. The number of hydrogen-bond donors (Lipinski definition) is 1. The number of nitrogens with zero attached hydrogens (tertiary/aromatic N) is 1. The Morgan fingerprint density at radius 1 is 1.27 bits per heavy atom. The highest BCUT2D eigenvalue weighted by Gasteiger charge is 2.70. The first-order valence-corrected chi connectivity index (χ1v) is 7.70. The van der Waals surface area contributed by atoms with Gasteiger partial charge >= 0.3 is 0 Å². The molecule has 0 spiro atoms. The Bertz CT molecular complexity index is 772. The number of aliphatic hydroxyl groups is 1. The maximum absolute atomic E-state index is 12.5. The number of ether oxygens (including phenoxy) is 1. The molecule has 2 aromatic rings. The van der Waals surface area contributed by atoms with Gasteiger partial charge in [0.2, 0.25) is 5.91 Å². The van der Waals surface area contributed by atoms with Crippen LogP contribution in [0.25, 0.3) is 10.8 Å². The van der Waals surface area contributed by atoms with Gasteiger partial charge in [-0.25, -0.2) is 0 Å². The normalized spacial score (nSPS) is 29.8. The third-order valence-electron chi connectivity index (χ3n) is 5.11. The Morgan fingerprint density at radius 2 is 2.00 bits per heavy atom. The van der Waals surface area contributed by atoms with Crippen molar-refractivity contribution in [2.75, 3.05) is 13.7 Å². The van der Waals surface area contributed by atoms with Crippen molar-refractivity contribution in [2.45, 2.75) is 25.0 Å². The third kappa shape index (κ3) is 1.64. The molecule has 0 radical (unpaired) electrons. The number of benzene rings is 2. The van der Waals surface area contributed by atoms with Crippen LogP contribution in [0.3, 0.4) is 0 Å². The second kappa shape index (κ2) is 4.46. The Morgan fingerprint density at radius 3 is 2.68 bits per heavy atom. The number of fused-ring (bicyclic) bond motifs is 2. The third-order valence-corrected chi connectivity index (χ3v) is 5.11. The summed E-state index contributed by atoms with van der Waals surface area (Å²) >= 11 is 0. The van der Waals surface area contributed by atoms with Crippen molar-refractivity contribution >= 4 is 16.7 Å². The zero-order valence-electron chi connectivity index (χ0n) is 12.7. The monoisotopic (exact) mass is 297 g/mol. The quantitative estimate of drug-likeness (QED) is 0.945. The van der Waals surface area contributed by atoms with E-state index in [9.17, 15) is 9.90 Å². The summed E-state index contributed by atoms with van der Waals surface area (Å²) in [4.78, 5) is 14.0. The van der Waals surface area contributed by atoms with Gasteiger partial charge in [0.15, 0.2) is 0 Å². The van der Waals surface area contributed by atoms with E-state index in [1.807, 2.05) is 37.3 Å². The van der Waals surface area contributed by atoms with Crippen molar-refractivity contribution in [1.29, 1.82) is 0 Å². The van der Waals surface area contributed by atoms with E-state index < -0.39 is 11.6 Å². The van der Waals surface area contributed by atoms with Crippen LogP contribution in [0.15, 0.2) is 36.4 Å². The van der Waals surface area contributed by atoms with Crippen molar-refractivity contribution in [3.05, 3.63) is 42.0 Å². The number of rotatable bonds is 3. The van der Waals surface area contributed by atoms with Gasteiger partial charge in [-0.15, -0.1) is 0 Å². The van der Waals surface area contributed by atoms with E-state index in [0.717, 1.165) is 28.5 Å². The smallest absolute Gasteiger partial charge is 0.235 e. The molecule has 2 fully saturated rings. The fourth-order valence-electron chi connectivity index (χ4n) is 3.81.